The van der Waals surface area contributed by atoms with Gasteiger partial charge >= 0.3 is 11.9 Å². The Morgan fingerprint density at radius 3 is 1.95 bits per heavy atom. The molecule has 0 amide bonds. The fourth-order valence-electron chi connectivity index (χ4n) is 4.63. The van der Waals surface area contributed by atoms with Crippen LogP contribution in [0, 0.1) is 22.7 Å². The summed E-state index contributed by atoms with van der Waals surface area (Å²) in [7, 11) is 0. The van der Waals surface area contributed by atoms with Crippen molar-refractivity contribution < 1.29 is 19.8 Å². The summed E-state index contributed by atoms with van der Waals surface area (Å²) in [6.45, 7) is 9.47. The molecule has 120 valence electrons. The molecule has 1 rings (SSSR count). The molecule has 0 radical (unpaired) electrons. The average molecular weight is 296 g/mol. The van der Waals surface area contributed by atoms with Gasteiger partial charge in [-0.1, -0.05) is 52.7 Å². The van der Waals surface area contributed by atoms with Crippen molar-refractivity contribution in [3.8, 4) is 0 Å². The minimum atomic E-state index is -1.24. The molecule has 1 aliphatic carbocycles. The van der Waals surface area contributed by atoms with Gasteiger partial charge in [0.15, 0.2) is 0 Å². The van der Waals surface area contributed by atoms with Crippen LogP contribution >= 0.6 is 0 Å². The number of allylic oxidation sites excluding steroid dienone is 2. The SMILES string of the molecule is CCCC1(C(=O)O)[C@@H](C)C=C(CC)[C@H](C)C1(CC)C(=O)O. The van der Waals surface area contributed by atoms with E-state index in [2.05, 4.69) is 0 Å². The lowest BCUT2D eigenvalue weighted by Gasteiger charge is -2.54. The van der Waals surface area contributed by atoms with E-state index >= 15 is 0 Å². The predicted molar refractivity (Wildman–Crippen MR) is 82.0 cm³/mol. The van der Waals surface area contributed by atoms with Gasteiger partial charge < -0.3 is 10.2 Å². The van der Waals surface area contributed by atoms with Crippen LogP contribution in [-0.2, 0) is 9.59 Å². The summed E-state index contributed by atoms with van der Waals surface area (Å²) < 4.78 is 0. The molecule has 0 saturated heterocycles. The van der Waals surface area contributed by atoms with Crippen LogP contribution in [0.5, 0.6) is 0 Å². The number of hydrogen-bond acceptors (Lipinski definition) is 2. The summed E-state index contributed by atoms with van der Waals surface area (Å²) in [6.07, 6.45) is 4.15. The molecule has 2 N–H and O–H groups in total. The van der Waals surface area contributed by atoms with Crippen molar-refractivity contribution >= 4 is 11.9 Å². The van der Waals surface area contributed by atoms with E-state index in [1.54, 1.807) is 0 Å². The lowest BCUT2D eigenvalue weighted by atomic mass is 9.46. The Bertz CT molecular complexity index is 454. The smallest absolute Gasteiger partial charge is 0.311 e. The fraction of sp³-hybridized carbons (Fsp3) is 0.765. The zero-order chi connectivity index (χ0) is 16.4. The van der Waals surface area contributed by atoms with E-state index in [1.807, 2.05) is 40.7 Å². The zero-order valence-corrected chi connectivity index (χ0v) is 13.8. The first kappa shape index (κ1) is 17.7. The van der Waals surface area contributed by atoms with Crippen LogP contribution in [0.15, 0.2) is 11.6 Å². The molecule has 0 aromatic heterocycles. The van der Waals surface area contributed by atoms with Crippen molar-refractivity contribution in [2.24, 2.45) is 22.7 Å². The highest BCUT2D eigenvalue weighted by atomic mass is 16.4. The largest absolute Gasteiger partial charge is 0.481 e. The van der Waals surface area contributed by atoms with Crippen LogP contribution in [0.25, 0.3) is 0 Å². The number of carboxylic acids is 2. The summed E-state index contributed by atoms with van der Waals surface area (Å²) in [5.74, 6) is -2.49. The van der Waals surface area contributed by atoms with Gasteiger partial charge in [0.2, 0.25) is 0 Å². The highest BCUT2D eigenvalue weighted by molar-refractivity contribution is 5.88. The number of carbonyl (C=O) groups is 2. The molecule has 0 aromatic carbocycles. The molecular formula is C17H28O4. The van der Waals surface area contributed by atoms with Crippen LogP contribution in [0.2, 0.25) is 0 Å². The van der Waals surface area contributed by atoms with Crippen molar-refractivity contribution in [1.29, 1.82) is 0 Å². The molecule has 0 aromatic rings. The molecule has 21 heavy (non-hydrogen) atoms. The molecule has 2 unspecified atom stereocenters. The second-order valence-corrected chi connectivity index (χ2v) is 6.26. The van der Waals surface area contributed by atoms with Crippen LogP contribution in [0.3, 0.4) is 0 Å². The van der Waals surface area contributed by atoms with Gasteiger partial charge in [0.1, 0.15) is 0 Å². The van der Waals surface area contributed by atoms with Gasteiger partial charge in [-0.3, -0.25) is 9.59 Å². The molecule has 0 saturated carbocycles. The first-order valence-corrected chi connectivity index (χ1v) is 7.93. The van der Waals surface area contributed by atoms with E-state index in [4.69, 9.17) is 0 Å². The monoisotopic (exact) mass is 296 g/mol. The third kappa shape index (κ3) is 2.19. The molecule has 0 fully saturated rings. The van der Waals surface area contributed by atoms with Gasteiger partial charge in [-0.25, -0.2) is 0 Å². The summed E-state index contributed by atoms with van der Waals surface area (Å²) in [5, 5.41) is 20.0. The minimum absolute atomic E-state index is 0.260. The first-order valence-electron chi connectivity index (χ1n) is 7.93. The zero-order valence-electron chi connectivity index (χ0n) is 13.8. The van der Waals surface area contributed by atoms with Crippen LogP contribution < -0.4 is 0 Å². The molecule has 1 aliphatic rings. The number of carboxylic acid groups (broad SMARTS) is 2. The van der Waals surface area contributed by atoms with Gasteiger partial charge in [0, 0.05) is 0 Å². The standard InChI is InChI=1S/C17H28O4/c1-6-9-17(15(20)21)11(4)10-13(7-2)12(5)16(17,8-3)14(18)19/h10-12H,6-9H2,1-5H3,(H,18,19)(H,20,21)/t11-,12-,16?,17?/m0/s1. The molecule has 4 nitrogen and oxygen atoms in total. The lowest BCUT2D eigenvalue weighted by molar-refractivity contribution is -0.187. The van der Waals surface area contributed by atoms with E-state index in [-0.39, 0.29) is 11.8 Å². The maximum Gasteiger partial charge on any atom is 0.311 e. The van der Waals surface area contributed by atoms with Crippen LogP contribution in [0.1, 0.15) is 60.3 Å². The quantitative estimate of drug-likeness (QED) is 0.727. The molecule has 4 heteroatoms. The Balaban J connectivity index is 3.73. The average Bonchev–Trinajstić information content (AvgIpc) is 2.42. The Labute approximate surface area is 127 Å². The topological polar surface area (TPSA) is 74.6 Å². The van der Waals surface area contributed by atoms with Crippen molar-refractivity contribution in [3.63, 3.8) is 0 Å². The van der Waals surface area contributed by atoms with E-state index in [0.29, 0.717) is 19.3 Å². The van der Waals surface area contributed by atoms with Gasteiger partial charge in [0.05, 0.1) is 10.8 Å². The molecule has 0 spiro atoms. The Kier molecular flexibility index (Phi) is 5.24. The lowest BCUT2D eigenvalue weighted by Crippen LogP contribution is -2.60. The van der Waals surface area contributed by atoms with Crippen LogP contribution in [-0.4, -0.2) is 22.2 Å². The fourth-order valence-corrected chi connectivity index (χ4v) is 4.63. The molecule has 4 atom stereocenters. The van der Waals surface area contributed by atoms with E-state index in [1.165, 1.54) is 0 Å². The van der Waals surface area contributed by atoms with Gasteiger partial charge in [0.25, 0.3) is 0 Å². The minimum Gasteiger partial charge on any atom is -0.481 e. The molecule has 0 bridgehead atoms. The highest BCUT2D eigenvalue weighted by Crippen LogP contribution is 2.60. The third-order valence-electron chi connectivity index (χ3n) is 5.71. The van der Waals surface area contributed by atoms with Gasteiger partial charge in [-0.2, -0.15) is 0 Å². The summed E-state index contributed by atoms with van der Waals surface area (Å²) in [5.41, 5.74) is -1.41. The molecule has 0 heterocycles. The second-order valence-electron chi connectivity index (χ2n) is 6.26. The first-order chi connectivity index (χ1) is 9.76. The predicted octanol–water partition coefficient (Wildman–Crippen LogP) is 3.96. The molecular weight excluding hydrogens is 268 g/mol. The van der Waals surface area contributed by atoms with Crippen molar-refractivity contribution in [2.45, 2.75) is 60.3 Å². The number of rotatable bonds is 6. The Hall–Kier alpha value is -1.32. The number of aliphatic carboxylic acids is 2. The summed E-state index contributed by atoms with van der Waals surface area (Å²) in [4.78, 5) is 24.4. The number of hydrogen-bond donors (Lipinski definition) is 2. The van der Waals surface area contributed by atoms with Crippen molar-refractivity contribution in [3.05, 3.63) is 11.6 Å². The van der Waals surface area contributed by atoms with Crippen molar-refractivity contribution in [1.82, 2.24) is 0 Å². The van der Waals surface area contributed by atoms with Gasteiger partial charge in [-0.05, 0) is 31.1 Å². The Morgan fingerprint density at radius 2 is 1.62 bits per heavy atom. The second kappa shape index (κ2) is 6.20. The van der Waals surface area contributed by atoms with E-state index in [0.717, 1.165) is 12.0 Å². The highest BCUT2D eigenvalue weighted by Gasteiger charge is 2.66. The van der Waals surface area contributed by atoms with Crippen molar-refractivity contribution in [2.75, 3.05) is 0 Å². The van der Waals surface area contributed by atoms with E-state index < -0.39 is 22.8 Å². The third-order valence-corrected chi connectivity index (χ3v) is 5.71. The maximum atomic E-state index is 12.2. The normalized spacial score (nSPS) is 36.1. The van der Waals surface area contributed by atoms with Gasteiger partial charge in [-0.15, -0.1) is 0 Å². The maximum absolute atomic E-state index is 12.2. The van der Waals surface area contributed by atoms with E-state index in [9.17, 15) is 19.8 Å². The summed E-state index contributed by atoms with van der Waals surface area (Å²) >= 11 is 0. The van der Waals surface area contributed by atoms with Crippen LogP contribution in [0.4, 0.5) is 0 Å². The molecule has 0 aliphatic heterocycles. The summed E-state index contributed by atoms with van der Waals surface area (Å²) in [6, 6.07) is 0. The Morgan fingerprint density at radius 1 is 1.10 bits per heavy atom.